The molecular weight excluding hydrogens is 433 g/mol. The van der Waals surface area contributed by atoms with Crippen LogP contribution in [-0.2, 0) is 14.8 Å². The van der Waals surface area contributed by atoms with E-state index in [2.05, 4.69) is 5.32 Å². The van der Waals surface area contributed by atoms with Crippen LogP contribution in [0.2, 0.25) is 0 Å². The summed E-state index contributed by atoms with van der Waals surface area (Å²) in [6.07, 6.45) is -5.85. The lowest BCUT2D eigenvalue weighted by atomic mass is 9.86. The van der Waals surface area contributed by atoms with E-state index in [1.54, 1.807) is 0 Å². The molecular formula is C18H28ClF3N2O4S. The summed E-state index contributed by atoms with van der Waals surface area (Å²) in [6.45, 7) is 0.479. The number of nitrogens with zero attached hydrogens (tertiary/aromatic N) is 1. The molecule has 6 nitrogen and oxygen atoms in total. The summed E-state index contributed by atoms with van der Waals surface area (Å²) in [5.74, 6) is -1.35. The number of aliphatic hydroxyl groups is 1. The van der Waals surface area contributed by atoms with Crippen molar-refractivity contribution in [2.45, 2.75) is 86.2 Å². The summed E-state index contributed by atoms with van der Waals surface area (Å²) in [5, 5.41) is 10.8. The van der Waals surface area contributed by atoms with E-state index in [-0.39, 0.29) is 32.4 Å². The van der Waals surface area contributed by atoms with E-state index < -0.39 is 63.1 Å². The molecule has 1 saturated heterocycles. The fraction of sp³-hybridized carbons (Fsp3) is 0.944. The van der Waals surface area contributed by atoms with Crippen LogP contribution < -0.4 is 5.32 Å². The van der Waals surface area contributed by atoms with Crippen molar-refractivity contribution in [3.05, 3.63) is 0 Å². The van der Waals surface area contributed by atoms with E-state index in [0.717, 1.165) is 0 Å². The molecule has 1 amide bonds. The van der Waals surface area contributed by atoms with Crippen molar-refractivity contribution >= 4 is 27.5 Å². The quantitative estimate of drug-likeness (QED) is 0.627. The van der Waals surface area contributed by atoms with Gasteiger partial charge in [-0.1, -0.05) is 0 Å². The minimum atomic E-state index is -3.64. The van der Waals surface area contributed by atoms with Crippen LogP contribution >= 0.6 is 11.6 Å². The molecule has 3 rings (SSSR count). The van der Waals surface area contributed by atoms with Gasteiger partial charge in [-0.3, -0.25) is 4.79 Å². The van der Waals surface area contributed by atoms with E-state index in [0.29, 0.717) is 25.7 Å². The molecule has 2 N–H and O–H groups in total. The van der Waals surface area contributed by atoms with Gasteiger partial charge < -0.3 is 10.4 Å². The summed E-state index contributed by atoms with van der Waals surface area (Å²) in [6, 6.07) is -0.844. The Hall–Kier alpha value is -0.580. The van der Waals surface area contributed by atoms with Gasteiger partial charge in [-0.25, -0.2) is 25.9 Å². The first-order valence-corrected chi connectivity index (χ1v) is 12.1. The van der Waals surface area contributed by atoms with Gasteiger partial charge in [0.05, 0.1) is 17.3 Å². The summed E-state index contributed by atoms with van der Waals surface area (Å²) in [7, 11) is -3.64. The first-order chi connectivity index (χ1) is 13.6. The van der Waals surface area contributed by atoms with Gasteiger partial charge in [-0.05, 0) is 32.1 Å². The lowest BCUT2D eigenvalue weighted by molar-refractivity contribution is -0.127. The lowest BCUT2D eigenvalue weighted by Gasteiger charge is -2.37. The van der Waals surface area contributed by atoms with Crippen LogP contribution in [-0.4, -0.2) is 78.1 Å². The van der Waals surface area contributed by atoms with Gasteiger partial charge >= 0.3 is 0 Å². The number of hydrogen-bond acceptors (Lipinski definition) is 4. The standard InChI is InChI=1S/C18H28ClF3N2O4S/c19-14-2-1-12(29(27,28)24-5-3-11(25)4-6-24)9-13(14)18(26)23-10-7-15(20)17(22)16(21)8-10/h10-17,25H,1-9H2,(H,23,26). The maximum Gasteiger partial charge on any atom is 0.224 e. The highest BCUT2D eigenvalue weighted by molar-refractivity contribution is 7.89. The summed E-state index contributed by atoms with van der Waals surface area (Å²) in [5.41, 5.74) is 0. The number of sulfonamides is 1. The number of rotatable bonds is 4. The summed E-state index contributed by atoms with van der Waals surface area (Å²) < 4.78 is 67.8. The van der Waals surface area contributed by atoms with Gasteiger partial charge in [-0.2, -0.15) is 0 Å². The summed E-state index contributed by atoms with van der Waals surface area (Å²) >= 11 is 6.29. The Morgan fingerprint density at radius 1 is 1.00 bits per heavy atom. The Morgan fingerprint density at radius 2 is 1.59 bits per heavy atom. The second-order valence-electron chi connectivity index (χ2n) is 8.39. The number of carbonyl (C=O) groups is 1. The number of amides is 1. The predicted octanol–water partition coefficient (Wildman–Crippen LogP) is 1.84. The second kappa shape index (κ2) is 9.28. The van der Waals surface area contributed by atoms with Crippen molar-refractivity contribution in [3.63, 3.8) is 0 Å². The highest BCUT2D eigenvalue weighted by Gasteiger charge is 2.44. The SMILES string of the molecule is O=C(NC1CC(F)C(F)C(F)C1)C1CC(S(=O)(=O)N2CCC(O)CC2)CCC1Cl. The Morgan fingerprint density at radius 3 is 2.17 bits per heavy atom. The Bertz CT molecular complexity index is 681. The topological polar surface area (TPSA) is 86.7 Å². The van der Waals surface area contributed by atoms with Crippen molar-refractivity contribution in [1.82, 2.24) is 9.62 Å². The molecule has 2 aliphatic carbocycles. The molecule has 0 aromatic rings. The van der Waals surface area contributed by atoms with Crippen LogP contribution in [0.4, 0.5) is 13.2 Å². The van der Waals surface area contributed by atoms with Gasteiger partial charge in [0.1, 0.15) is 12.3 Å². The molecule has 3 fully saturated rings. The first-order valence-electron chi connectivity index (χ1n) is 10.1. The van der Waals surface area contributed by atoms with Crippen LogP contribution in [0.1, 0.15) is 44.9 Å². The number of hydrogen-bond donors (Lipinski definition) is 2. The van der Waals surface area contributed by atoms with E-state index in [1.165, 1.54) is 4.31 Å². The molecule has 1 heterocycles. The minimum absolute atomic E-state index is 0.0257. The molecule has 3 aliphatic rings. The van der Waals surface area contributed by atoms with Crippen LogP contribution in [0.15, 0.2) is 0 Å². The monoisotopic (exact) mass is 460 g/mol. The van der Waals surface area contributed by atoms with Gasteiger partial charge in [0.25, 0.3) is 0 Å². The number of halogens is 4. The normalized spacial score (nSPS) is 40.5. The van der Waals surface area contributed by atoms with Gasteiger partial charge in [-0.15, -0.1) is 11.6 Å². The van der Waals surface area contributed by atoms with Crippen LogP contribution in [0.5, 0.6) is 0 Å². The molecule has 0 radical (unpaired) electrons. The van der Waals surface area contributed by atoms with Crippen molar-refractivity contribution in [3.8, 4) is 0 Å². The van der Waals surface area contributed by atoms with Crippen molar-refractivity contribution in [2.75, 3.05) is 13.1 Å². The van der Waals surface area contributed by atoms with E-state index >= 15 is 0 Å². The van der Waals surface area contributed by atoms with Gasteiger partial charge in [0.2, 0.25) is 15.9 Å². The zero-order valence-corrected chi connectivity index (χ0v) is 17.6. The average molecular weight is 461 g/mol. The van der Waals surface area contributed by atoms with E-state index in [4.69, 9.17) is 11.6 Å². The fourth-order valence-corrected chi connectivity index (χ4v) is 6.87. The molecule has 0 spiro atoms. The molecule has 11 heteroatoms. The number of carbonyl (C=O) groups excluding carboxylic acids is 1. The molecule has 0 bridgehead atoms. The molecule has 168 valence electrons. The number of aliphatic hydroxyl groups excluding tert-OH is 1. The summed E-state index contributed by atoms with van der Waals surface area (Å²) in [4.78, 5) is 12.7. The highest BCUT2D eigenvalue weighted by atomic mass is 35.5. The molecule has 2 saturated carbocycles. The maximum atomic E-state index is 13.6. The zero-order chi connectivity index (χ0) is 21.3. The van der Waals surface area contributed by atoms with Crippen molar-refractivity contribution in [2.24, 2.45) is 5.92 Å². The number of alkyl halides is 4. The number of nitrogens with one attached hydrogen (secondary N) is 1. The predicted molar refractivity (Wildman–Crippen MR) is 102 cm³/mol. The largest absolute Gasteiger partial charge is 0.393 e. The average Bonchev–Trinajstić information content (AvgIpc) is 2.66. The van der Waals surface area contributed by atoms with E-state index in [9.17, 15) is 31.5 Å². The van der Waals surface area contributed by atoms with Gasteiger partial charge in [0, 0.05) is 37.4 Å². The minimum Gasteiger partial charge on any atom is -0.393 e. The van der Waals surface area contributed by atoms with Crippen LogP contribution in [0.3, 0.4) is 0 Å². The molecule has 5 atom stereocenters. The Kier molecular flexibility index (Phi) is 7.39. The third kappa shape index (κ3) is 5.19. The van der Waals surface area contributed by atoms with E-state index in [1.807, 2.05) is 0 Å². The second-order valence-corrected chi connectivity index (χ2v) is 11.2. The van der Waals surface area contributed by atoms with Crippen LogP contribution in [0.25, 0.3) is 0 Å². The first kappa shape index (κ1) is 23.1. The highest BCUT2D eigenvalue weighted by Crippen LogP contribution is 2.35. The Labute approximate surface area is 174 Å². The third-order valence-corrected chi connectivity index (χ3v) is 9.19. The van der Waals surface area contributed by atoms with Gasteiger partial charge in [0.15, 0.2) is 6.17 Å². The molecule has 0 aromatic heterocycles. The van der Waals surface area contributed by atoms with Crippen molar-refractivity contribution < 1.29 is 31.5 Å². The number of piperidine rings is 1. The Balaban J connectivity index is 1.62. The molecule has 29 heavy (non-hydrogen) atoms. The zero-order valence-electron chi connectivity index (χ0n) is 16.0. The molecule has 0 aromatic carbocycles. The maximum absolute atomic E-state index is 13.6. The lowest BCUT2D eigenvalue weighted by Crippen LogP contribution is -2.52. The van der Waals surface area contributed by atoms with Crippen LogP contribution in [0, 0.1) is 5.92 Å². The fourth-order valence-electron chi connectivity index (χ4n) is 4.50. The smallest absolute Gasteiger partial charge is 0.224 e. The van der Waals surface area contributed by atoms with Crippen molar-refractivity contribution in [1.29, 1.82) is 0 Å². The molecule has 5 unspecified atom stereocenters. The third-order valence-electron chi connectivity index (χ3n) is 6.32. The molecule has 1 aliphatic heterocycles.